The highest BCUT2D eigenvalue weighted by molar-refractivity contribution is 5.19. The van der Waals surface area contributed by atoms with Crippen LogP contribution in [0.2, 0.25) is 0 Å². The van der Waals surface area contributed by atoms with Gasteiger partial charge >= 0.3 is 0 Å². The molecular formula is C15H25N3. The molecule has 0 bridgehead atoms. The number of hydrogen-bond donors (Lipinski definition) is 1. The van der Waals surface area contributed by atoms with Gasteiger partial charge in [0, 0.05) is 25.7 Å². The Hall–Kier alpha value is -0.900. The molecular weight excluding hydrogens is 222 g/mol. The van der Waals surface area contributed by atoms with Crippen LogP contribution in [0.15, 0.2) is 30.3 Å². The van der Waals surface area contributed by atoms with E-state index in [-0.39, 0.29) is 0 Å². The molecule has 18 heavy (non-hydrogen) atoms. The number of benzene rings is 1. The Morgan fingerprint density at radius 3 is 2.67 bits per heavy atom. The quantitative estimate of drug-likeness (QED) is 0.857. The van der Waals surface area contributed by atoms with Crippen LogP contribution in [0.5, 0.6) is 0 Å². The second-order valence-electron chi connectivity index (χ2n) is 5.52. The van der Waals surface area contributed by atoms with Gasteiger partial charge in [-0.25, -0.2) is 0 Å². The maximum atomic E-state index is 5.96. The molecule has 1 heterocycles. The first-order valence-corrected chi connectivity index (χ1v) is 6.84. The Morgan fingerprint density at radius 2 is 2.11 bits per heavy atom. The minimum Gasteiger partial charge on any atom is -0.329 e. The summed E-state index contributed by atoms with van der Waals surface area (Å²) >= 11 is 0. The number of nitrogens with two attached hydrogens (primary N) is 1. The van der Waals surface area contributed by atoms with E-state index in [1.54, 1.807) is 0 Å². The second kappa shape index (κ2) is 6.32. The van der Waals surface area contributed by atoms with Crippen molar-refractivity contribution in [1.29, 1.82) is 0 Å². The molecule has 0 radical (unpaired) electrons. The lowest BCUT2D eigenvalue weighted by Crippen LogP contribution is -2.35. The van der Waals surface area contributed by atoms with Crippen molar-refractivity contribution in [3.8, 4) is 0 Å². The van der Waals surface area contributed by atoms with E-state index < -0.39 is 0 Å². The second-order valence-corrected chi connectivity index (χ2v) is 5.52. The van der Waals surface area contributed by atoms with Gasteiger partial charge in [-0.05, 0) is 38.5 Å². The van der Waals surface area contributed by atoms with Crippen LogP contribution in [0, 0.1) is 5.92 Å². The number of nitrogens with zero attached hydrogens (tertiary/aromatic N) is 2. The average Bonchev–Trinajstić information content (AvgIpc) is 2.77. The molecule has 0 spiro atoms. The van der Waals surface area contributed by atoms with Crippen LogP contribution in [0.3, 0.4) is 0 Å². The molecule has 0 amide bonds. The summed E-state index contributed by atoms with van der Waals surface area (Å²) in [7, 11) is 4.40. The summed E-state index contributed by atoms with van der Waals surface area (Å²) in [6.07, 6.45) is 1.31. The minimum atomic E-state index is 0.345. The highest BCUT2D eigenvalue weighted by Crippen LogP contribution is 2.22. The largest absolute Gasteiger partial charge is 0.329 e. The predicted octanol–water partition coefficient (Wildman–Crippen LogP) is 1.57. The van der Waals surface area contributed by atoms with Crippen molar-refractivity contribution in [2.45, 2.75) is 12.5 Å². The van der Waals surface area contributed by atoms with Gasteiger partial charge in [0.15, 0.2) is 0 Å². The lowest BCUT2D eigenvalue weighted by molar-refractivity contribution is 0.211. The van der Waals surface area contributed by atoms with Crippen molar-refractivity contribution in [3.63, 3.8) is 0 Å². The van der Waals surface area contributed by atoms with E-state index in [2.05, 4.69) is 54.2 Å². The summed E-state index contributed by atoms with van der Waals surface area (Å²) in [6, 6.07) is 10.9. The zero-order valence-electron chi connectivity index (χ0n) is 11.5. The van der Waals surface area contributed by atoms with Crippen molar-refractivity contribution in [2.24, 2.45) is 11.7 Å². The standard InChI is InChI=1S/C15H25N3/c1-17-9-8-13(11-17)12-18(2)15(10-16)14-6-4-3-5-7-14/h3-7,13,15H,8-12,16H2,1-2H3. The van der Waals surface area contributed by atoms with E-state index >= 15 is 0 Å². The number of rotatable bonds is 5. The maximum absolute atomic E-state index is 5.96. The maximum Gasteiger partial charge on any atom is 0.0467 e. The first-order chi connectivity index (χ1) is 8.70. The van der Waals surface area contributed by atoms with E-state index in [4.69, 9.17) is 5.73 Å². The fraction of sp³-hybridized carbons (Fsp3) is 0.600. The molecule has 2 rings (SSSR count). The molecule has 3 heteroatoms. The van der Waals surface area contributed by atoms with E-state index in [9.17, 15) is 0 Å². The zero-order chi connectivity index (χ0) is 13.0. The SMILES string of the molecule is CN1CCC(CN(C)C(CN)c2ccccc2)C1. The molecule has 3 nitrogen and oxygen atoms in total. The summed E-state index contributed by atoms with van der Waals surface area (Å²) in [5, 5.41) is 0. The Bertz CT molecular complexity index is 352. The zero-order valence-corrected chi connectivity index (χ0v) is 11.5. The lowest BCUT2D eigenvalue weighted by atomic mass is 10.0. The van der Waals surface area contributed by atoms with Gasteiger partial charge < -0.3 is 10.6 Å². The van der Waals surface area contributed by atoms with E-state index in [0.717, 1.165) is 12.5 Å². The molecule has 1 aromatic rings. The molecule has 1 aliphatic rings. The fourth-order valence-electron chi connectivity index (χ4n) is 2.96. The highest BCUT2D eigenvalue weighted by atomic mass is 15.2. The summed E-state index contributed by atoms with van der Waals surface area (Å²) < 4.78 is 0. The molecule has 1 aliphatic heterocycles. The van der Waals surface area contributed by atoms with E-state index in [1.165, 1.54) is 25.1 Å². The van der Waals surface area contributed by atoms with Crippen LogP contribution in [-0.2, 0) is 0 Å². The molecule has 0 aromatic heterocycles. The van der Waals surface area contributed by atoms with Crippen LogP contribution < -0.4 is 5.73 Å². The Kier molecular flexibility index (Phi) is 4.75. The molecule has 2 N–H and O–H groups in total. The van der Waals surface area contributed by atoms with Gasteiger partial charge in [-0.15, -0.1) is 0 Å². The fourth-order valence-corrected chi connectivity index (χ4v) is 2.96. The number of likely N-dealkylation sites (tertiary alicyclic amines) is 1. The van der Waals surface area contributed by atoms with Gasteiger partial charge in [0.05, 0.1) is 0 Å². The van der Waals surface area contributed by atoms with Crippen molar-refractivity contribution >= 4 is 0 Å². The molecule has 2 unspecified atom stereocenters. The van der Waals surface area contributed by atoms with Crippen molar-refractivity contribution < 1.29 is 0 Å². The monoisotopic (exact) mass is 247 g/mol. The molecule has 1 saturated heterocycles. The van der Waals surface area contributed by atoms with E-state index in [1.807, 2.05) is 0 Å². The molecule has 1 aromatic carbocycles. The van der Waals surface area contributed by atoms with Crippen LogP contribution in [-0.4, -0.2) is 50.1 Å². The molecule has 2 atom stereocenters. The summed E-state index contributed by atoms with van der Waals surface area (Å²) in [6.45, 7) is 4.28. The highest BCUT2D eigenvalue weighted by Gasteiger charge is 2.23. The van der Waals surface area contributed by atoms with Gasteiger partial charge in [-0.2, -0.15) is 0 Å². The Balaban J connectivity index is 1.95. The minimum absolute atomic E-state index is 0.345. The average molecular weight is 247 g/mol. The summed E-state index contributed by atoms with van der Waals surface area (Å²) in [5.74, 6) is 0.790. The van der Waals surface area contributed by atoms with Crippen molar-refractivity contribution in [3.05, 3.63) is 35.9 Å². The summed E-state index contributed by atoms with van der Waals surface area (Å²) in [5.41, 5.74) is 7.28. The normalized spacial score (nSPS) is 22.6. The molecule has 0 aliphatic carbocycles. The molecule has 100 valence electrons. The third-order valence-electron chi connectivity index (χ3n) is 3.97. The van der Waals surface area contributed by atoms with Crippen LogP contribution in [0.1, 0.15) is 18.0 Å². The third kappa shape index (κ3) is 3.31. The molecule has 1 fully saturated rings. The van der Waals surface area contributed by atoms with Gasteiger partial charge in [-0.1, -0.05) is 30.3 Å². The predicted molar refractivity (Wildman–Crippen MR) is 76.5 cm³/mol. The van der Waals surface area contributed by atoms with Crippen LogP contribution in [0.4, 0.5) is 0 Å². The summed E-state index contributed by atoms with van der Waals surface area (Å²) in [4.78, 5) is 4.83. The van der Waals surface area contributed by atoms with E-state index in [0.29, 0.717) is 12.6 Å². The van der Waals surface area contributed by atoms with Crippen LogP contribution in [0.25, 0.3) is 0 Å². The Morgan fingerprint density at radius 1 is 1.39 bits per heavy atom. The molecule has 0 saturated carbocycles. The third-order valence-corrected chi connectivity index (χ3v) is 3.97. The first kappa shape index (κ1) is 13.5. The van der Waals surface area contributed by atoms with Gasteiger partial charge in [0.1, 0.15) is 0 Å². The number of hydrogen-bond acceptors (Lipinski definition) is 3. The number of likely N-dealkylation sites (N-methyl/N-ethyl adjacent to an activating group) is 1. The lowest BCUT2D eigenvalue weighted by Gasteiger charge is -2.29. The van der Waals surface area contributed by atoms with Gasteiger partial charge in [0.25, 0.3) is 0 Å². The van der Waals surface area contributed by atoms with Gasteiger partial charge in [-0.3, -0.25) is 4.90 Å². The van der Waals surface area contributed by atoms with Gasteiger partial charge in [0.2, 0.25) is 0 Å². The topological polar surface area (TPSA) is 32.5 Å². The smallest absolute Gasteiger partial charge is 0.0467 e. The van der Waals surface area contributed by atoms with Crippen LogP contribution >= 0.6 is 0 Å². The Labute approximate surface area is 111 Å². The van der Waals surface area contributed by atoms with Crippen molar-refractivity contribution in [2.75, 3.05) is 40.3 Å². The first-order valence-electron chi connectivity index (χ1n) is 6.84. The van der Waals surface area contributed by atoms with Crippen molar-refractivity contribution in [1.82, 2.24) is 9.80 Å².